The van der Waals surface area contributed by atoms with E-state index in [1.54, 1.807) is 0 Å². The molecular weight excluding hydrogens is 140 g/mol. The first kappa shape index (κ1) is 7.53. The second-order valence-electron chi connectivity index (χ2n) is 3.87. The van der Waals surface area contributed by atoms with E-state index in [9.17, 15) is 5.11 Å². The van der Waals surface area contributed by atoms with Crippen molar-refractivity contribution in [1.29, 1.82) is 0 Å². The maximum atomic E-state index is 10.0. The Balaban J connectivity index is 2.08. The fourth-order valence-electron chi connectivity index (χ4n) is 2.15. The normalized spacial score (nSPS) is 45.8. The highest BCUT2D eigenvalue weighted by molar-refractivity contribution is 5.02. The van der Waals surface area contributed by atoms with E-state index in [1.807, 2.05) is 0 Å². The lowest BCUT2D eigenvalue weighted by Gasteiger charge is -2.38. The zero-order chi connectivity index (χ0) is 7.90. The van der Waals surface area contributed by atoms with Gasteiger partial charge in [0.15, 0.2) is 0 Å². The molecule has 0 amide bonds. The van der Waals surface area contributed by atoms with Gasteiger partial charge in [0, 0.05) is 19.1 Å². The molecule has 64 valence electrons. The van der Waals surface area contributed by atoms with Crippen LogP contribution in [0.3, 0.4) is 0 Å². The van der Waals surface area contributed by atoms with Crippen LogP contribution in [0.15, 0.2) is 0 Å². The van der Waals surface area contributed by atoms with Gasteiger partial charge in [0.05, 0.1) is 5.60 Å². The fourth-order valence-corrected chi connectivity index (χ4v) is 2.15. The zero-order valence-electron chi connectivity index (χ0n) is 7.01. The maximum absolute atomic E-state index is 10.0. The number of hydrogen-bond donors (Lipinski definition) is 2. The van der Waals surface area contributed by atoms with Gasteiger partial charge in [-0.25, -0.2) is 0 Å². The van der Waals surface area contributed by atoms with Crippen molar-refractivity contribution in [2.24, 2.45) is 0 Å². The van der Waals surface area contributed by atoms with Crippen LogP contribution in [-0.4, -0.2) is 48.3 Å². The lowest BCUT2D eigenvalue weighted by molar-refractivity contribution is -0.0211. The summed E-state index contributed by atoms with van der Waals surface area (Å²) >= 11 is 0. The Kier molecular flexibility index (Phi) is 1.67. The molecule has 2 heterocycles. The van der Waals surface area contributed by atoms with Gasteiger partial charge >= 0.3 is 0 Å². The topological polar surface area (TPSA) is 35.5 Å². The highest BCUT2D eigenvalue weighted by Gasteiger charge is 2.43. The Morgan fingerprint density at radius 3 is 3.18 bits per heavy atom. The average Bonchev–Trinajstić information content (AvgIpc) is 2.31. The van der Waals surface area contributed by atoms with Gasteiger partial charge in [-0.2, -0.15) is 0 Å². The van der Waals surface area contributed by atoms with Crippen molar-refractivity contribution in [1.82, 2.24) is 10.2 Å². The van der Waals surface area contributed by atoms with Gasteiger partial charge in [0.2, 0.25) is 0 Å². The predicted molar refractivity (Wildman–Crippen MR) is 43.5 cm³/mol. The van der Waals surface area contributed by atoms with E-state index in [0.717, 1.165) is 32.5 Å². The van der Waals surface area contributed by atoms with Crippen molar-refractivity contribution >= 4 is 0 Å². The van der Waals surface area contributed by atoms with E-state index < -0.39 is 0 Å². The van der Waals surface area contributed by atoms with E-state index in [2.05, 4.69) is 17.3 Å². The van der Waals surface area contributed by atoms with Crippen LogP contribution in [0, 0.1) is 0 Å². The minimum Gasteiger partial charge on any atom is -0.388 e. The average molecular weight is 156 g/mol. The number of fused-ring (bicyclic) bond motifs is 1. The summed E-state index contributed by atoms with van der Waals surface area (Å²) in [7, 11) is 2.11. The number of nitrogens with one attached hydrogen (secondary N) is 1. The highest BCUT2D eigenvalue weighted by Crippen LogP contribution is 2.28. The van der Waals surface area contributed by atoms with Crippen molar-refractivity contribution in [3.05, 3.63) is 0 Å². The molecule has 2 unspecified atom stereocenters. The van der Waals surface area contributed by atoms with Gasteiger partial charge < -0.3 is 15.3 Å². The number of hydrogen-bond acceptors (Lipinski definition) is 3. The Morgan fingerprint density at radius 1 is 1.55 bits per heavy atom. The Morgan fingerprint density at radius 2 is 2.36 bits per heavy atom. The van der Waals surface area contributed by atoms with Crippen molar-refractivity contribution in [2.75, 3.05) is 26.7 Å². The number of nitrogens with zero attached hydrogens (tertiary/aromatic N) is 1. The molecule has 0 radical (unpaired) electrons. The maximum Gasteiger partial charge on any atom is 0.0836 e. The molecule has 2 fully saturated rings. The molecule has 0 spiro atoms. The van der Waals surface area contributed by atoms with Gasteiger partial charge in [-0.15, -0.1) is 0 Å². The highest BCUT2D eigenvalue weighted by atomic mass is 16.3. The molecule has 2 aliphatic rings. The van der Waals surface area contributed by atoms with Gasteiger partial charge in [0.1, 0.15) is 0 Å². The third-order valence-electron chi connectivity index (χ3n) is 3.02. The molecule has 0 saturated carbocycles. The smallest absolute Gasteiger partial charge is 0.0836 e. The lowest BCUT2D eigenvalue weighted by Crippen LogP contribution is -2.55. The Bertz CT molecular complexity index is 162. The quantitative estimate of drug-likeness (QED) is 0.492. The van der Waals surface area contributed by atoms with E-state index >= 15 is 0 Å². The Labute approximate surface area is 67.4 Å². The molecular formula is C8H16N2O. The monoisotopic (exact) mass is 156 g/mol. The van der Waals surface area contributed by atoms with E-state index in [-0.39, 0.29) is 5.60 Å². The second-order valence-corrected chi connectivity index (χ2v) is 3.87. The van der Waals surface area contributed by atoms with Crippen molar-refractivity contribution in [3.63, 3.8) is 0 Å². The minimum atomic E-state index is -0.382. The minimum absolute atomic E-state index is 0.321. The molecule has 2 saturated heterocycles. The van der Waals surface area contributed by atoms with Crippen LogP contribution in [0.25, 0.3) is 0 Å². The van der Waals surface area contributed by atoms with Crippen LogP contribution in [0.5, 0.6) is 0 Å². The number of likely N-dealkylation sites (tertiary alicyclic amines) is 1. The summed E-state index contributed by atoms with van der Waals surface area (Å²) in [5.74, 6) is 0. The summed E-state index contributed by atoms with van der Waals surface area (Å²) in [4.78, 5) is 2.28. The Hall–Kier alpha value is -0.120. The fraction of sp³-hybridized carbons (Fsp3) is 1.00. The van der Waals surface area contributed by atoms with Crippen molar-refractivity contribution in [3.8, 4) is 0 Å². The summed E-state index contributed by atoms with van der Waals surface area (Å²) in [6, 6.07) is 0.321. The van der Waals surface area contributed by atoms with Gasteiger partial charge in [0.25, 0.3) is 0 Å². The molecule has 11 heavy (non-hydrogen) atoms. The molecule has 3 nitrogen and oxygen atoms in total. The molecule has 0 aromatic heterocycles. The van der Waals surface area contributed by atoms with Gasteiger partial charge in [-0.05, 0) is 26.4 Å². The van der Waals surface area contributed by atoms with E-state index in [1.165, 1.54) is 0 Å². The van der Waals surface area contributed by atoms with Crippen LogP contribution >= 0.6 is 0 Å². The van der Waals surface area contributed by atoms with Crippen LogP contribution in [0.1, 0.15) is 12.8 Å². The molecule has 2 rings (SSSR count). The standard InChI is InChI=1S/C8H16N2O/c1-10-5-3-8(11)2-4-9-7(8)6-10/h7,9,11H,2-6H2,1H3. The number of rotatable bonds is 0. The van der Waals surface area contributed by atoms with Crippen LogP contribution in [0.4, 0.5) is 0 Å². The van der Waals surface area contributed by atoms with Crippen molar-refractivity contribution in [2.45, 2.75) is 24.5 Å². The first-order valence-electron chi connectivity index (χ1n) is 4.35. The van der Waals surface area contributed by atoms with Crippen LogP contribution < -0.4 is 5.32 Å². The number of piperidine rings is 1. The first-order valence-corrected chi connectivity index (χ1v) is 4.35. The first-order chi connectivity index (χ1) is 5.21. The summed E-state index contributed by atoms with van der Waals surface area (Å²) < 4.78 is 0. The third kappa shape index (κ3) is 1.17. The second kappa shape index (κ2) is 2.44. The summed E-state index contributed by atoms with van der Waals surface area (Å²) in [6.07, 6.45) is 1.87. The molecule has 3 heteroatoms. The largest absolute Gasteiger partial charge is 0.388 e. The molecule has 2 N–H and O–H groups in total. The van der Waals surface area contributed by atoms with Crippen molar-refractivity contribution < 1.29 is 5.11 Å². The molecule has 0 aromatic carbocycles. The molecule has 0 aliphatic carbocycles. The van der Waals surface area contributed by atoms with Crippen LogP contribution in [-0.2, 0) is 0 Å². The zero-order valence-corrected chi connectivity index (χ0v) is 7.01. The molecule has 2 atom stereocenters. The summed E-state index contributed by atoms with van der Waals surface area (Å²) in [6.45, 7) is 3.01. The lowest BCUT2D eigenvalue weighted by atomic mass is 9.87. The molecule has 2 aliphatic heterocycles. The summed E-state index contributed by atoms with van der Waals surface area (Å²) in [5.41, 5.74) is -0.382. The molecule has 0 aromatic rings. The summed E-state index contributed by atoms with van der Waals surface area (Å²) in [5, 5.41) is 13.4. The van der Waals surface area contributed by atoms with E-state index in [0.29, 0.717) is 6.04 Å². The molecule has 0 bridgehead atoms. The number of aliphatic hydroxyl groups is 1. The van der Waals surface area contributed by atoms with Gasteiger partial charge in [-0.3, -0.25) is 0 Å². The third-order valence-corrected chi connectivity index (χ3v) is 3.02. The number of likely N-dealkylation sites (N-methyl/N-ethyl adjacent to an activating group) is 1. The SMILES string of the molecule is CN1CCC2(O)CCNC2C1. The van der Waals surface area contributed by atoms with E-state index in [4.69, 9.17) is 0 Å². The van der Waals surface area contributed by atoms with Crippen LogP contribution in [0.2, 0.25) is 0 Å². The predicted octanol–water partition coefficient (Wildman–Crippen LogP) is -0.585. The van der Waals surface area contributed by atoms with Gasteiger partial charge in [-0.1, -0.05) is 0 Å².